The zero-order valence-electron chi connectivity index (χ0n) is 10.2. The van der Waals surface area contributed by atoms with E-state index in [0.717, 1.165) is 30.2 Å². The van der Waals surface area contributed by atoms with Gasteiger partial charge in [-0.1, -0.05) is 6.92 Å². The molecule has 0 radical (unpaired) electrons. The highest BCUT2D eigenvalue weighted by molar-refractivity contribution is 7.99. The van der Waals surface area contributed by atoms with Crippen LogP contribution in [0, 0.1) is 0 Å². The molecule has 4 nitrogen and oxygen atoms in total. The van der Waals surface area contributed by atoms with Crippen LogP contribution in [0.2, 0.25) is 0 Å². The average Bonchev–Trinajstić information content (AvgIpc) is 3.11. The predicted molar refractivity (Wildman–Crippen MR) is 72.8 cm³/mol. The van der Waals surface area contributed by atoms with Crippen LogP contribution in [-0.2, 0) is 6.54 Å². The van der Waals surface area contributed by atoms with E-state index in [-0.39, 0.29) is 5.56 Å². The molecule has 2 rings (SSSR count). The summed E-state index contributed by atoms with van der Waals surface area (Å²) in [6.07, 6.45) is 5.17. The Bertz CT molecular complexity index is 414. The number of rotatable bonds is 7. The minimum absolute atomic E-state index is 0.00264. The topological polar surface area (TPSA) is 46.9 Å². The van der Waals surface area contributed by atoms with E-state index >= 15 is 0 Å². The van der Waals surface area contributed by atoms with Gasteiger partial charge in [-0.05, 0) is 30.8 Å². The van der Waals surface area contributed by atoms with E-state index in [1.54, 1.807) is 16.9 Å². The molecule has 0 amide bonds. The van der Waals surface area contributed by atoms with Crippen molar-refractivity contribution in [1.82, 2.24) is 9.78 Å². The van der Waals surface area contributed by atoms with Gasteiger partial charge in [0.15, 0.2) is 0 Å². The van der Waals surface area contributed by atoms with Gasteiger partial charge in [0.05, 0.1) is 11.9 Å². The van der Waals surface area contributed by atoms with Crippen LogP contribution in [0.4, 0.5) is 5.69 Å². The molecule has 17 heavy (non-hydrogen) atoms. The van der Waals surface area contributed by atoms with Crippen LogP contribution in [0.3, 0.4) is 0 Å². The third-order valence-corrected chi connectivity index (χ3v) is 3.67. The Balaban J connectivity index is 1.87. The first-order valence-corrected chi connectivity index (χ1v) is 7.36. The first-order valence-electron chi connectivity index (χ1n) is 6.21. The van der Waals surface area contributed by atoms with E-state index in [0.29, 0.717) is 6.04 Å². The summed E-state index contributed by atoms with van der Waals surface area (Å²) in [6.45, 7) is 2.86. The minimum atomic E-state index is -0.00264. The highest BCUT2D eigenvalue weighted by Gasteiger charge is 2.20. The van der Waals surface area contributed by atoms with Gasteiger partial charge in [0, 0.05) is 18.7 Å². The van der Waals surface area contributed by atoms with Crippen LogP contribution < -0.4 is 10.9 Å². The second-order valence-corrected chi connectivity index (χ2v) is 5.67. The van der Waals surface area contributed by atoms with Gasteiger partial charge in [-0.3, -0.25) is 4.79 Å². The van der Waals surface area contributed by atoms with Crippen molar-refractivity contribution in [2.24, 2.45) is 0 Å². The number of thioether (sulfide) groups is 1. The van der Waals surface area contributed by atoms with Gasteiger partial charge < -0.3 is 5.32 Å². The van der Waals surface area contributed by atoms with Crippen molar-refractivity contribution in [3.05, 3.63) is 22.6 Å². The van der Waals surface area contributed by atoms with Crippen LogP contribution in [0.1, 0.15) is 26.2 Å². The summed E-state index contributed by atoms with van der Waals surface area (Å²) in [4.78, 5) is 11.8. The van der Waals surface area contributed by atoms with E-state index in [9.17, 15) is 4.79 Å². The average molecular weight is 253 g/mol. The molecule has 0 atom stereocenters. The lowest BCUT2D eigenvalue weighted by Gasteiger charge is -2.06. The first kappa shape index (κ1) is 12.5. The lowest BCUT2D eigenvalue weighted by atomic mass is 10.4. The molecule has 1 aliphatic carbocycles. The molecule has 1 heterocycles. The third-order valence-electron chi connectivity index (χ3n) is 2.68. The van der Waals surface area contributed by atoms with Gasteiger partial charge in [-0.15, -0.1) is 0 Å². The monoisotopic (exact) mass is 253 g/mol. The van der Waals surface area contributed by atoms with Crippen LogP contribution in [0.5, 0.6) is 0 Å². The second-order valence-electron chi connectivity index (χ2n) is 4.27. The Morgan fingerprint density at radius 1 is 1.59 bits per heavy atom. The zero-order valence-corrected chi connectivity index (χ0v) is 11.0. The summed E-state index contributed by atoms with van der Waals surface area (Å²) in [6, 6.07) is 2.21. The molecular weight excluding hydrogens is 234 g/mol. The molecule has 0 saturated heterocycles. The number of anilines is 1. The molecule has 0 aromatic carbocycles. The standard InChI is InChI=1S/C12H19N3OS/c1-2-17-7-3-6-15-12(16)8-11(9-13-15)14-10-4-5-10/h8-10,14H,2-7H2,1H3. The number of hydrogen-bond acceptors (Lipinski definition) is 4. The number of nitrogens with one attached hydrogen (secondary N) is 1. The van der Waals surface area contributed by atoms with Crippen molar-refractivity contribution in [3.63, 3.8) is 0 Å². The Labute approximate surface area is 106 Å². The summed E-state index contributed by atoms with van der Waals surface area (Å²) in [5, 5.41) is 7.47. The van der Waals surface area contributed by atoms with E-state index in [2.05, 4.69) is 17.3 Å². The van der Waals surface area contributed by atoms with Crippen molar-refractivity contribution in [2.45, 2.75) is 38.8 Å². The van der Waals surface area contributed by atoms with Gasteiger partial charge in [-0.25, -0.2) is 4.68 Å². The van der Waals surface area contributed by atoms with E-state index in [1.165, 1.54) is 12.8 Å². The summed E-state index contributed by atoms with van der Waals surface area (Å²) in [7, 11) is 0. The van der Waals surface area contributed by atoms with E-state index < -0.39 is 0 Å². The fraction of sp³-hybridized carbons (Fsp3) is 0.667. The van der Waals surface area contributed by atoms with Gasteiger partial charge in [-0.2, -0.15) is 16.9 Å². The quantitative estimate of drug-likeness (QED) is 0.755. The molecule has 0 unspecified atom stereocenters. The van der Waals surface area contributed by atoms with Crippen LogP contribution in [-0.4, -0.2) is 27.3 Å². The largest absolute Gasteiger partial charge is 0.381 e. The number of aryl methyl sites for hydroxylation is 1. The lowest BCUT2D eigenvalue weighted by Crippen LogP contribution is -2.23. The number of nitrogens with zero attached hydrogens (tertiary/aromatic N) is 2. The molecule has 0 bridgehead atoms. The van der Waals surface area contributed by atoms with Crippen molar-refractivity contribution >= 4 is 17.4 Å². The molecule has 0 aliphatic heterocycles. The summed E-state index contributed by atoms with van der Waals surface area (Å²) in [5.74, 6) is 2.22. The van der Waals surface area contributed by atoms with E-state index in [4.69, 9.17) is 0 Å². The Morgan fingerprint density at radius 2 is 2.41 bits per heavy atom. The van der Waals surface area contributed by atoms with Crippen molar-refractivity contribution in [2.75, 3.05) is 16.8 Å². The fourth-order valence-electron chi connectivity index (χ4n) is 1.60. The maximum Gasteiger partial charge on any atom is 0.268 e. The lowest BCUT2D eigenvalue weighted by molar-refractivity contribution is 0.571. The molecule has 5 heteroatoms. The summed E-state index contributed by atoms with van der Waals surface area (Å²) in [5.41, 5.74) is 0.855. The van der Waals surface area contributed by atoms with Gasteiger partial charge in [0.1, 0.15) is 0 Å². The molecule has 1 N–H and O–H groups in total. The van der Waals surface area contributed by atoms with Crippen molar-refractivity contribution < 1.29 is 0 Å². The first-order chi connectivity index (χ1) is 8.29. The fourth-order valence-corrected chi connectivity index (χ4v) is 2.23. The normalized spacial score (nSPS) is 14.9. The highest BCUT2D eigenvalue weighted by atomic mass is 32.2. The van der Waals surface area contributed by atoms with Gasteiger partial charge in [0.2, 0.25) is 0 Å². The number of aromatic nitrogens is 2. The Morgan fingerprint density at radius 3 is 3.06 bits per heavy atom. The highest BCUT2D eigenvalue weighted by Crippen LogP contribution is 2.23. The molecular formula is C12H19N3OS. The molecule has 1 saturated carbocycles. The smallest absolute Gasteiger partial charge is 0.268 e. The maximum atomic E-state index is 11.8. The maximum absolute atomic E-state index is 11.8. The molecule has 0 spiro atoms. The SMILES string of the molecule is CCSCCCn1ncc(NC2CC2)cc1=O. The molecule has 1 fully saturated rings. The number of hydrogen-bond donors (Lipinski definition) is 1. The molecule has 1 aromatic rings. The molecule has 1 aromatic heterocycles. The summed E-state index contributed by atoms with van der Waals surface area (Å²) < 4.78 is 1.55. The molecule has 94 valence electrons. The third kappa shape index (κ3) is 4.07. The van der Waals surface area contributed by atoms with Crippen LogP contribution in [0.25, 0.3) is 0 Å². The Kier molecular flexibility index (Phi) is 4.48. The second kappa shape index (κ2) is 6.10. The Hall–Kier alpha value is -0.970. The summed E-state index contributed by atoms with van der Waals surface area (Å²) >= 11 is 1.90. The zero-order chi connectivity index (χ0) is 12.1. The van der Waals surface area contributed by atoms with Gasteiger partial charge >= 0.3 is 0 Å². The van der Waals surface area contributed by atoms with Crippen LogP contribution >= 0.6 is 11.8 Å². The minimum Gasteiger partial charge on any atom is -0.381 e. The predicted octanol–water partition coefficient (Wildman–Crippen LogP) is 1.96. The van der Waals surface area contributed by atoms with Crippen LogP contribution in [0.15, 0.2) is 17.1 Å². The van der Waals surface area contributed by atoms with Crippen molar-refractivity contribution in [1.29, 1.82) is 0 Å². The van der Waals surface area contributed by atoms with E-state index in [1.807, 2.05) is 11.8 Å². The molecule has 1 aliphatic rings. The van der Waals surface area contributed by atoms with Crippen molar-refractivity contribution in [3.8, 4) is 0 Å². The van der Waals surface area contributed by atoms with Gasteiger partial charge in [0.25, 0.3) is 5.56 Å².